The number of allylic oxidation sites excluding steroid dienone is 1. The lowest BCUT2D eigenvalue weighted by Crippen LogP contribution is -2.58. The summed E-state index contributed by atoms with van der Waals surface area (Å²) in [7, 11) is 0. The molecule has 0 saturated heterocycles. The number of ether oxygens (including phenoxy) is 1. The average molecular weight is 529 g/mol. The smallest absolute Gasteiger partial charge is 0.310 e. The van der Waals surface area contributed by atoms with Gasteiger partial charge >= 0.3 is 11.9 Å². The first-order chi connectivity index (χ1) is 17.5. The fourth-order valence-corrected chi connectivity index (χ4v) is 10.0. The molecule has 9 atom stereocenters. The van der Waals surface area contributed by atoms with E-state index in [1.54, 1.807) is 12.5 Å². The summed E-state index contributed by atoms with van der Waals surface area (Å²) in [5.74, 6) is -0.307. The molecule has 0 unspecified atom stereocenters. The molecule has 2 fully saturated rings. The van der Waals surface area contributed by atoms with Crippen molar-refractivity contribution in [2.24, 2.45) is 45.3 Å². The van der Waals surface area contributed by atoms with E-state index in [0.29, 0.717) is 17.8 Å². The highest BCUT2D eigenvalue weighted by Gasteiger charge is 2.66. The van der Waals surface area contributed by atoms with Crippen LogP contribution >= 0.6 is 0 Å². The first kappa shape index (κ1) is 29.4. The summed E-state index contributed by atoms with van der Waals surface area (Å²) in [6, 6.07) is 0. The maximum atomic E-state index is 12.0. The van der Waals surface area contributed by atoms with Crippen molar-refractivity contribution in [3.63, 3.8) is 0 Å². The van der Waals surface area contributed by atoms with Crippen molar-refractivity contribution in [1.29, 1.82) is 0 Å². The summed E-state index contributed by atoms with van der Waals surface area (Å²) >= 11 is 0. The molecular weight excluding hydrogens is 476 g/mol. The van der Waals surface area contributed by atoms with Crippen LogP contribution in [0.4, 0.5) is 0 Å². The van der Waals surface area contributed by atoms with Crippen LogP contribution in [0.25, 0.3) is 0 Å². The van der Waals surface area contributed by atoms with E-state index in [1.807, 2.05) is 0 Å². The molecule has 0 aliphatic heterocycles. The molecule has 5 heteroatoms. The summed E-state index contributed by atoms with van der Waals surface area (Å²) in [6.07, 6.45) is 8.18. The predicted molar refractivity (Wildman–Crippen MR) is 150 cm³/mol. The van der Waals surface area contributed by atoms with Gasteiger partial charge in [0.05, 0.1) is 12.0 Å². The first-order valence-electron chi connectivity index (χ1n) is 15.0. The Morgan fingerprint density at radius 2 is 1.71 bits per heavy atom. The molecule has 2 saturated carbocycles. The fraction of sp³-hybridized carbons (Fsp3) is 0.818. The molecule has 0 spiro atoms. The summed E-state index contributed by atoms with van der Waals surface area (Å²) < 4.78 is 5.83. The standard InChI is InChI=1S/C33H52O5/c1-19(21(3)29(36)37)10-11-20(2)23-14-17-32(8)24-12-13-26-30(5,6)28(38-22(4)34)15-16-31(26,7)25(24)18-27(35)33(23,32)9/h20-21,23,26-28,35H,1,10-18H2,2-9H3,(H,36,37)/t20-,21+,23-,26+,27+,28-,31-,32+,33+/m1/s1. The molecule has 4 aliphatic rings. The van der Waals surface area contributed by atoms with Crippen LogP contribution in [0.1, 0.15) is 113 Å². The van der Waals surface area contributed by atoms with Gasteiger partial charge in [0.25, 0.3) is 0 Å². The normalized spacial score (nSPS) is 41.4. The minimum atomic E-state index is -0.806. The van der Waals surface area contributed by atoms with E-state index < -0.39 is 18.0 Å². The van der Waals surface area contributed by atoms with Gasteiger partial charge in [-0.2, -0.15) is 0 Å². The molecule has 0 bridgehead atoms. The number of aliphatic hydroxyl groups is 1. The van der Waals surface area contributed by atoms with Crippen LogP contribution in [0.5, 0.6) is 0 Å². The van der Waals surface area contributed by atoms with Crippen molar-refractivity contribution in [3.8, 4) is 0 Å². The molecule has 5 nitrogen and oxygen atoms in total. The highest BCUT2D eigenvalue weighted by molar-refractivity contribution is 5.72. The molecule has 4 aliphatic carbocycles. The fourth-order valence-electron chi connectivity index (χ4n) is 10.0. The maximum Gasteiger partial charge on any atom is 0.310 e. The second-order valence-corrected chi connectivity index (χ2v) is 14.6. The van der Waals surface area contributed by atoms with Gasteiger partial charge in [0, 0.05) is 17.8 Å². The molecule has 0 heterocycles. The van der Waals surface area contributed by atoms with Crippen LogP contribution in [0.15, 0.2) is 23.3 Å². The van der Waals surface area contributed by atoms with Gasteiger partial charge in [-0.3, -0.25) is 9.59 Å². The maximum absolute atomic E-state index is 12.0. The van der Waals surface area contributed by atoms with E-state index in [9.17, 15) is 19.8 Å². The predicted octanol–water partition coefficient (Wildman–Crippen LogP) is 7.33. The summed E-state index contributed by atoms with van der Waals surface area (Å²) in [6.45, 7) is 21.4. The molecular formula is C33H52O5. The Hall–Kier alpha value is -1.62. The molecule has 0 aromatic carbocycles. The number of carboxylic acid groups (broad SMARTS) is 1. The summed E-state index contributed by atoms with van der Waals surface area (Å²) in [5, 5.41) is 21.4. The third-order valence-corrected chi connectivity index (χ3v) is 12.7. The van der Waals surface area contributed by atoms with Gasteiger partial charge in [-0.15, -0.1) is 0 Å². The number of rotatable bonds is 7. The molecule has 0 radical (unpaired) electrons. The van der Waals surface area contributed by atoms with E-state index in [2.05, 4.69) is 48.1 Å². The highest BCUT2D eigenvalue weighted by Crippen LogP contribution is 2.72. The van der Waals surface area contributed by atoms with Crippen LogP contribution in [0.2, 0.25) is 0 Å². The van der Waals surface area contributed by atoms with Crippen molar-refractivity contribution in [1.82, 2.24) is 0 Å². The number of fused-ring (bicyclic) bond motifs is 4. The number of hydrogen-bond acceptors (Lipinski definition) is 4. The molecule has 4 rings (SSSR count). The van der Waals surface area contributed by atoms with Gasteiger partial charge in [-0.1, -0.05) is 64.8 Å². The van der Waals surface area contributed by atoms with Gasteiger partial charge in [-0.05, 0) is 93.3 Å². The van der Waals surface area contributed by atoms with Crippen LogP contribution in [-0.2, 0) is 14.3 Å². The Morgan fingerprint density at radius 1 is 1.05 bits per heavy atom. The van der Waals surface area contributed by atoms with Crippen molar-refractivity contribution in [3.05, 3.63) is 23.3 Å². The Kier molecular flexibility index (Phi) is 7.56. The number of carboxylic acids is 1. The van der Waals surface area contributed by atoms with E-state index in [-0.39, 0.29) is 33.7 Å². The monoisotopic (exact) mass is 528 g/mol. The number of aliphatic carboxylic acids is 1. The van der Waals surface area contributed by atoms with Crippen LogP contribution in [0.3, 0.4) is 0 Å². The number of esters is 1. The topological polar surface area (TPSA) is 83.8 Å². The van der Waals surface area contributed by atoms with Crippen molar-refractivity contribution >= 4 is 11.9 Å². The lowest BCUT2D eigenvalue weighted by molar-refractivity contribution is -0.168. The van der Waals surface area contributed by atoms with Crippen molar-refractivity contribution < 1.29 is 24.5 Å². The van der Waals surface area contributed by atoms with Gasteiger partial charge in [0.15, 0.2) is 0 Å². The average Bonchev–Trinajstić information content (AvgIpc) is 3.12. The lowest BCUT2D eigenvalue weighted by atomic mass is 9.42. The minimum absolute atomic E-state index is 0.0213. The quantitative estimate of drug-likeness (QED) is 0.267. The highest BCUT2D eigenvalue weighted by atomic mass is 16.5. The van der Waals surface area contributed by atoms with Crippen LogP contribution < -0.4 is 0 Å². The first-order valence-corrected chi connectivity index (χ1v) is 15.0. The van der Waals surface area contributed by atoms with Crippen molar-refractivity contribution in [2.75, 3.05) is 0 Å². The van der Waals surface area contributed by atoms with E-state index >= 15 is 0 Å². The van der Waals surface area contributed by atoms with E-state index in [1.165, 1.54) is 12.5 Å². The second kappa shape index (κ2) is 9.78. The third kappa shape index (κ3) is 4.21. The zero-order chi connectivity index (χ0) is 28.4. The zero-order valence-electron chi connectivity index (χ0n) is 25.2. The molecule has 38 heavy (non-hydrogen) atoms. The zero-order valence-corrected chi connectivity index (χ0v) is 25.2. The Morgan fingerprint density at radius 3 is 2.32 bits per heavy atom. The summed E-state index contributed by atoms with van der Waals surface area (Å²) in [5.41, 5.74) is 3.60. The molecule has 214 valence electrons. The van der Waals surface area contributed by atoms with E-state index in [4.69, 9.17) is 4.74 Å². The van der Waals surface area contributed by atoms with Gasteiger partial charge in [0.2, 0.25) is 0 Å². The lowest BCUT2D eigenvalue weighted by Gasteiger charge is -2.63. The van der Waals surface area contributed by atoms with Crippen LogP contribution in [0, 0.1) is 45.3 Å². The number of carbonyl (C=O) groups excluding carboxylic acids is 1. The van der Waals surface area contributed by atoms with Gasteiger partial charge < -0.3 is 14.9 Å². The number of carbonyl (C=O) groups is 2. The minimum Gasteiger partial charge on any atom is -0.481 e. The SMILES string of the molecule is C=C(CC[C@@H](C)[C@H]1CC[C@@]2(C)C3=C(C[C@H](O)[C@]12C)[C@@]1(C)CC[C@@H](OC(C)=O)C(C)(C)[C@@H]1CC3)[C@H](C)C(=O)O. The summed E-state index contributed by atoms with van der Waals surface area (Å²) in [4.78, 5) is 23.3. The van der Waals surface area contributed by atoms with Gasteiger partial charge in [-0.25, -0.2) is 0 Å². The largest absolute Gasteiger partial charge is 0.481 e. The Bertz CT molecular complexity index is 1020. The molecule has 2 N–H and O–H groups in total. The number of hydrogen-bond donors (Lipinski definition) is 2. The Balaban J connectivity index is 1.62. The van der Waals surface area contributed by atoms with Crippen molar-refractivity contribution in [2.45, 2.75) is 125 Å². The van der Waals surface area contributed by atoms with E-state index in [0.717, 1.165) is 63.4 Å². The van der Waals surface area contributed by atoms with Crippen LogP contribution in [-0.4, -0.2) is 34.4 Å². The molecule has 0 aromatic rings. The number of aliphatic hydroxyl groups excluding tert-OH is 1. The second-order valence-electron chi connectivity index (χ2n) is 14.6. The molecule has 0 amide bonds. The Labute approximate surface area is 230 Å². The van der Waals surface area contributed by atoms with Gasteiger partial charge in [0.1, 0.15) is 6.10 Å². The molecule has 0 aromatic heterocycles. The third-order valence-electron chi connectivity index (χ3n) is 12.7.